The van der Waals surface area contributed by atoms with Crippen LogP contribution in [0.15, 0.2) is 11.1 Å². The lowest BCUT2D eigenvalue weighted by Gasteiger charge is -2.32. The van der Waals surface area contributed by atoms with Crippen molar-refractivity contribution in [3.63, 3.8) is 0 Å². The van der Waals surface area contributed by atoms with Crippen molar-refractivity contribution in [2.45, 2.75) is 20.4 Å². The van der Waals surface area contributed by atoms with Gasteiger partial charge in [0.15, 0.2) is 0 Å². The number of carbonyl (C=O) groups is 2. The van der Waals surface area contributed by atoms with E-state index in [0.717, 1.165) is 24.4 Å². The first-order valence-electron chi connectivity index (χ1n) is 8.54. The van der Waals surface area contributed by atoms with E-state index in [9.17, 15) is 14.4 Å². The van der Waals surface area contributed by atoms with Gasteiger partial charge in [0, 0.05) is 26.2 Å². The number of ether oxygens (including phenoxy) is 1. The molecule has 0 N–H and O–H groups in total. The van der Waals surface area contributed by atoms with Crippen molar-refractivity contribution in [2.75, 3.05) is 39.8 Å². The highest BCUT2D eigenvalue weighted by Crippen LogP contribution is 2.27. The molecule has 3 rings (SSSR count). The minimum Gasteiger partial charge on any atom is -0.462 e. The maximum Gasteiger partial charge on any atom is 0.348 e. The second kappa shape index (κ2) is 7.55. The number of carbonyl (C=O) groups excluding carboxylic acids is 2. The van der Waals surface area contributed by atoms with Gasteiger partial charge >= 0.3 is 5.97 Å². The van der Waals surface area contributed by atoms with Gasteiger partial charge in [-0.15, -0.1) is 11.3 Å². The lowest BCUT2D eigenvalue weighted by molar-refractivity contribution is -0.133. The summed E-state index contributed by atoms with van der Waals surface area (Å²) in [4.78, 5) is 46.4. The van der Waals surface area contributed by atoms with Gasteiger partial charge in [0.25, 0.3) is 5.56 Å². The molecule has 26 heavy (non-hydrogen) atoms. The molecule has 2 aromatic rings. The maximum atomic E-state index is 12.8. The second-order valence-corrected chi connectivity index (χ2v) is 7.32. The summed E-state index contributed by atoms with van der Waals surface area (Å²) in [5, 5.41) is 0.381. The molecular weight excluding hydrogens is 356 g/mol. The first-order chi connectivity index (χ1) is 12.4. The summed E-state index contributed by atoms with van der Waals surface area (Å²) < 4.78 is 6.35. The van der Waals surface area contributed by atoms with Gasteiger partial charge in [-0.1, -0.05) is 0 Å². The molecule has 8 nitrogen and oxygen atoms in total. The van der Waals surface area contributed by atoms with E-state index in [2.05, 4.69) is 9.88 Å². The first-order valence-corrected chi connectivity index (χ1v) is 9.36. The number of thiophene rings is 1. The van der Waals surface area contributed by atoms with Gasteiger partial charge < -0.3 is 14.5 Å². The lowest BCUT2D eigenvalue weighted by atomic mass is 10.2. The van der Waals surface area contributed by atoms with Crippen LogP contribution < -0.4 is 5.56 Å². The summed E-state index contributed by atoms with van der Waals surface area (Å²) in [6.07, 6.45) is 1.38. The van der Waals surface area contributed by atoms with Gasteiger partial charge in [-0.05, 0) is 26.5 Å². The fourth-order valence-corrected chi connectivity index (χ4v) is 4.00. The summed E-state index contributed by atoms with van der Waals surface area (Å²) in [5.74, 6) is -0.549. The molecule has 0 radical (unpaired) electrons. The summed E-state index contributed by atoms with van der Waals surface area (Å²) in [6.45, 7) is 6.62. The molecule has 1 fully saturated rings. The number of hydrogen-bond acceptors (Lipinski definition) is 7. The monoisotopic (exact) mass is 378 g/mol. The van der Waals surface area contributed by atoms with E-state index < -0.39 is 5.97 Å². The third kappa shape index (κ3) is 3.49. The zero-order valence-corrected chi connectivity index (χ0v) is 16.0. The molecule has 2 aromatic heterocycles. The van der Waals surface area contributed by atoms with Gasteiger partial charge in [-0.25, -0.2) is 9.78 Å². The van der Waals surface area contributed by atoms with Crippen molar-refractivity contribution >= 4 is 33.4 Å². The summed E-state index contributed by atoms with van der Waals surface area (Å²) in [7, 11) is 2.02. The normalized spacial score (nSPS) is 15.4. The Morgan fingerprint density at radius 3 is 2.62 bits per heavy atom. The summed E-state index contributed by atoms with van der Waals surface area (Å²) in [6, 6.07) is 0. The van der Waals surface area contributed by atoms with E-state index in [1.165, 1.54) is 10.9 Å². The molecule has 3 heterocycles. The number of esters is 1. The van der Waals surface area contributed by atoms with E-state index in [1.54, 1.807) is 18.7 Å². The van der Waals surface area contributed by atoms with E-state index in [4.69, 9.17) is 4.74 Å². The van der Waals surface area contributed by atoms with Gasteiger partial charge in [0.2, 0.25) is 5.91 Å². The summed E-state index contributed by atoms with van der Waals surface area (Å²) in [5.41, 5.74) is 0.254. The smallest absolute Gasteiger partial charge is 0.348 e. The largest absolute Gasteiger partial charge is 0.462 e. The molecule has 0 aromatic carbocycles. The minimum absolute atomic E-state index is 0.0461. The number of rotatable bonds is 4. The Morgan fingerprint density at radius 1 is 1.27 bits per heavy atom. The van der Waals surface area contributed by atoms with E-state index in [1.807, 2.05) is 7.05 Å². The number of piperazine rings is 1. The van der Waals surface area contributed by atoms with Crippen LogP contribution in [0.4, 0.5) is 0 Å². The number of aryl methyl sites for hydroxylation is 1. The predicted molar refractivity (Wildman–Crippen MR) is 98.7 cm³/mol. The number of amides is 1. The van der Waals surface area contributed by atoms with E-state index in [-0.39, 0.29) is 24.6 Å². The predicted octanol–water partition coefficient (Wildman–Crippen LogP) is 0.717. The van der Waals surface area contributed by atoms with Crippen LogP contribution in [-0.2, 0) is 16.1 Å². The first kappa shape index (κ1) is 18.5. The van der Waals surface area contributed by atoms with Gasteiger partial charge in [0.05, 0.1) is 18.3 Å². The molecule has 0 unspecified atom stereocenters. The zero-order valence-electron chi connectivity index (χ0n) is 15.2. The number of fused-ring (bicyclic) bond motifs is 1. The topological polar surface area (TPSA) is 84.7 Å². The highest BCUT2D eigenvalue weighted by atomic mass is 32.1. The number of aromatic nitrogens is 2. The lowest BCUT2D eigenvalue weighted by Crippen LogP contribution is -2.48. The van der Waals surface area contributed by atoms with Gasteiger partial charge in [-0.2, -0.15) is 0 Å². The van der Waals surface area contributed by atoms with E-state index in [0.29, 0.717) is 33.7 Å². The Morgan fingerprint density at radius 2 is 1.96 bits per heavy atom. The molecule has 0 saturated carbocycles. The van der Waals surface area contributed by atoms with Crippen molar-refractivity contribution in [1.82, 2.24) is 19.4 Å². The third-order valence-corrected chi connectivity index (χ3v) is 5.72. The number of hydrogen-bond donors (Lipinski definition) is 0. The van der Waals surface area contributed by atoms with Crippen LogP contribution in [0.5, 0.6) is 0 Å². The second-order valence-electron chi connectivity index (χ2n) is 6.32. The fourth-order valence-electron chi connectivity index (χ4n) is 2.96. The Labute approximate surface area is 155 Å². The van der Waals surface area contributed by atoms with Crippen LogP contribution in [0.25, 0.3) is 10.2 Å². The van der Waals surface area contributed by atoms with Crippen LogP contribution in [0.1, 0.15) is 22.2 Å². The molecule has 9 heteroatoms. The van der Waals surface area contributed by atoms with Gasteiger partial charge in [-0.3, -0.25) is 14.2 Å². The zero-order chi connectivity index (χ0) is 18.8. The highest BCUT2D eigenvalue weighted by Gasteiger charge is 2.23. The molecule has 1 saturated heterocycles. The standard InChI is InChI=1S/C17H22N4O4S/c1-4-25-17(24)14-11(2)13-15(26-14)18-10-21(16(13)23)9-12(22)20-7-5-19(3)6-8-20/h10H,4-9H2,1-3H3. The number of likely N-dealkylation sites (N-methyl/N-ethyl adjacent to an activating group) is 1. The van der Waals surface area contributed by atoms with Crippen molar-refractivity contribution in [3.05, 3.63) is 27.1 Å². The van der Waals surface area contributed by atoms with Crippen molar-refractivity contribution in [2.24, 2.45) is 0 Å². The van der Waals surface area contributed by atoms with Crippen LogP contribution in [0, 0.1) is 6.92 Å². The molecule has 0 bridgehead atoms. The van der Waals surface area contributed by atoms with Crippen LogP contribution in [-0.4, -0.2) is 71.1 Å². The molecule has 0 aliphatic carbocycles. The Hall–Kier alpha value is -2.26. The van der Waals surface area contributed by atoms with Gasteiger partial charge in [0.1, 0.15) is 16.3 Å². The molecule has 0 atom stereocenters. The fraction of sp³-hybridized carbons (Fsp3) is 0.529. The van der Waals surface area contributed by atoms with Crippen molar-refractivity contribution < 1.29 is 14.3 Å². The average molecular weight is 378 g/mol. The molecular formula is C17H22N4O4S. The van der Waals surface area contributed by atoms with E-state index >= 15 is 0 Å². The minimum atomic E-state index is -0.451. The van der Waals surface area contributed by atoms with Crippen molar-refractivity contribution in [1.29, 1.82) is 0 Å². The molecule has 0 spiro atoms. The molecule has 1 amide bonds. The van der Waals surface area contributed by atoms with Crippen LogP contribution in [0.3, 0.4) is 0 Å². The molecule has 140 valence electrons. The maximum absolute atomic E-state index is 12.8. The molecule has 1 aliphatic rings. The van der Waals surface area contributed by atoms with Crippen molar-refractivity contribution in [3.8, 4) is 0 Å². The summed E-state index contributed by atoms with van der Waals surface area (Å²) >= 11 is 1.14. The molecule has 1 aliphatic heterocycles. The SMILES string of the molecule is CCOC(=O)c1sc2ncn(CC(=O)N3CCN(C)CC3)c(=O)c2c1C. The Kier molecular flexibility index (Phi) is 5.38. The van der Waals surface area contributed by atoms with Crippen LogP contribution in [0.2, 0.25) is 0 Å². The highest BCUT2D eigenvalue weighted by molar-refractivity contribution is 7.20. The van der Waals surface area contributed by atoms with Crippen LogP contribution >= 0.6 is 11.3 Å². The third-order valence-electron chi connectivity index (χ3n) is 4.54. The average Bonchev–Trinajstić information content (AvgIpc) is 2.95. The Bertz CT molecular complexity index is 896. The Balaban J connectivity index is 1.87. The quantitative estimate of drug-likeness (QED) is 0.729. The number of nitrogens with zero attached hydrogens (tertiary/aromatic N) is 4.